The zero-order chi connectivity index (χ0) is 13.7. The quantitative estimate of drug-likeness (QED) is 0.610. The van der Waals surface area contributed by atoms with Crippen LogP contribution in [0.5, 0.6) is 0 Å². The number of nitrogens with zero attached hydrogens (tertiary/aromatic N) is 2. The SMILES string of the molecule is CCn1ncc(Cl)c1C(CCCc1cccs1)NN. The molecule has 19 heavy (non-hydrogen) atoms. The van der Waals surface area contributed by atoms with Gasteiger partial charge >= 0.3 is 0 Å². The summed E-state index contributed by atoms with van der Waals surface area (Å²) in [4.78, 5) is 1.41. The molecule has 3 N–H and O–H groups in total. The number of hydrazine groups is 1. The predicted octanol–water partition coefficient (Wildman–Crippen LogP) is 3.15. The lowest BCUT2D eigenvalue weighted by molar-refractivity contribution is 0.456. The summed E-state index contributed by atoms with van der Waals surface area (Å²) in [6.07, 6.45) is 4.78. The van der Waals surface area contributed by atoms with Crippen molar-refractivity contribution in [2.24, 2.45) is 5.84 Å². The molecule has 1 atom stereocenters. The van der Waals surface area contributed by atoms with E-state index in [1.54, 1.807) is 17.5 Å². The van der Waals surface area contributed by atoms with Crippen LogP contribution >= 0.6 is 22.9 Å². The first-order chi connectivity index (χ1) is 9.26. The Labute approximate surface area is 122 Å². The van der Waals surface area contributed by atoms with Crippen molar-refractivity contribution in [2.45, 2.75) is 38.8 Å². The highest BCUT2D eigenvalue weighted by molar-refractivity contribution is 7.09. The standard InChI is InChI=1S/C13H19ClN4S/c1-2-18-13(11(14)9-16-18)12(17-15)7-3-5-10-6-4-8-19-10/h4,6,8-9,12,17H,2-3,5,7,15H2,1H3. The van der Waals surface area contributed by atoms with Crippen molar-refractivity contribution in [1.29, 1.82) is 0 Å². The van der Waals surface area contributed by atoms with Crippen molar-refractivity contribution in [3.8, 4) is 0 Å². The normalized spacial score (nSPS) is 12.8. The van der Waals surface area contributed by atoms with E-state index in [0.717, 1.165) is 31.5 Å². The van der Waals surface area contributed by atoms with E-state index in [4.69, 9.17) is 17.4 Å². The molecule has 2 heterocycles. The van der Waals surface area contributed by atoms with E-state index in [1.165, 1.54) is 4.88 Å². The topological polar surface area (TPSA) is 55.9 Å². The van der Waals surface area contributed by atoms with E-state index in [9.17, 15) is 0 Å². The number of hydrogen-bond acceptors (Lipinski definition) is 4. The fraction of sp³-hybridized carbons (Fsp3) is 0.462. The van der Waals surface area contributed by atoms with Crippen molar-refractivity contribution in [2.75, 3.05) is 0 Å². The Morgan fingerprint density at radius 2 is 2.42 bits per heavy atom. The maximum atomic E-state index is 6.20. The smallest absolute Gasteiger partial charge is 0.0834 e. The number of aryl methyl sites for hydroxylation is 2. The maximum absolute atomic E-state index is 6.20. The van der Waals surface area contributed by atoms with E-state index in [2.05, 4.69) is 28.0 Å². The minimum atomic E-state index is 0.0508. The zero-order valence-corrected chi connectivity index (χ0v) is 12.5. The van der Waals surface area contributed by atoms with Crippen LogP contribution < -0.4 is 11.3 Å². The molecule has 0 fully saturated rings. The largest absolute Gasteiger partial charge is 0.271 e. The minimum Gasteiger partial charge on any atom is -0.271 e. The molecule has 0 amide bonds. The van der Waals surface area contributed by atoms with Crippen molar-refractivity contribution < 1.29 is 0 Å². The molecule has 0 bridgehead atoms. The molecule has 0 saturated carbocycles. The third-order valence-electron chi connectivity index (χ3n) is 3.16. The molecule has 2 aromatic rings. The lowest BCUT2D eigenvalue weighted by Gasteiger charge is -2.17. The summed E-state index contributed by atoms with van der Waals surface area (Å²) >= 11 is 7.99. The highest BCUT2D eigenvalue weighted by Gasteiger charge is 2.18. The maximum Gasteiger partial charge on any atom is 0.0834 e. The van der Waals surface area contributed by atoms with Gasteiger partial charge in [-0.1, -0.05) is 17.7 Å². The van der Waals surface area contributed by atoms with Crippen LogP contribution in [-0.4, -0.2) is 9.78 Å². The van der Waals surface area contributed by atoms with Gasteiger partial charge < -0.3 is 0 Å². The van der Waals surface area contributed by atoms with Crippen molar-refractivity contribution in [1.82, 2.24) is 15.2 Å². The summed E-state index contributed by atoms with van der Waals surface area (Å²) in [6, 6.07) is 4.30. The number of rotatable bonds is 7. The molecule has 104 valence electrons. The third-order valence-corrected chi connectivity index (χ3v) is 4.39. The molecular formula is C13H19ClN4S. The van der Waals surface area contributed by atoms with Gasteiger partial charge in [-0.2, -0.15) is 5.10 Å². The first-order valence-electron chi connectivity index (χ1n) is 6.46. The first kappa shape index (κ1) is 14.5. The number of nitrogens with one attached hydrogen (secondary N) is 1. The van der Waals surface area contributed by atoms with E-state index < -0.39 is 0 Å². The van der Waals surface area contributed by atoms with E-state index in [1.807, 2.05) is 11.6 Å². The van der Waals surface area contributed by atoms with Gasteiger partial charge in [-0.25, -0.2) is 0 Å². The minimum absolute atomic E-state index is 0.0508. The number of hydrogen-bond donors (Lipinski definition) is 2. The summed E-state index contributed by atoms with van der Waals surface area (Å²) in [5.41, 5.74) is 3.84. The van der Waals surface area contributed by atoms with E-state index in [-0.39, 0.29) is 6.04 Å². The Morgan fingerprint density at radius 3 is 3.05 bits per heavy atom. The highest BCUT2D eigenvalue weighted by Crippen LogP contribution is 2.26. The van der Waals surface area contributed by atoms with Crippen molar-refractivity contribution in [3.05, 3.63) is 39.3 Å². The number of aromatic nitrogens is 2. The molecule has 0 aliphatic heterocycles. The van der Waals surface area contributed by atoms with E-state index >= 15 is 0 Å². The highest BCUT2D eigenvalue weighted by atomic mass is 35.5. The van der Waals surface area contributed by atoms with Gasteiger partial charge in [0, 0.05) is 11.4 Å². The molecular weight excluding hydrogens is 280 g/mol. The molecule has 2 aromatic heterocycles. The van der Waals surface area contributed by atoms with Gasteiger partial charge in [0.2, 0.25) is 0 Å². The fourth-order valence-electron chi connectivity index (χ4n) is 2.20. The first-order valence-corrected chi connectivity index (χ1v) is 7.71. The molecule has 0 aliphatic rings. The average Bonchev–Trinajstić information content (AvgIpc) is 3.05. The Hall–Kier alpha value is -0.880. The Kier molecular flexibility index (Phi) is 5.39. The third kappa shape index (κ3) is 3.57. The van der Waals surface area contributed by atoms with Crippen LogP contribution in [0.2, 0.25) is 5.02 Å². The summed E-state index contributed by atoms with van der Waals surface area (Å²) < 4.78 is 1.90. The summed E-state index contributed by atoms with van der Waals surface area (Å²) in [5, 5.41) is 7.04. The van der Waals surface area contributed by atoms with Crippen molar-refractivity contribution >= 4 is 22.9 Å². The van der Waals surface area contributed by atoms with Gasteiger partial charge in [-0.15, -0.1) is 11.3 Å². The Morgan fingerprint density at radius 1 is 1.58 bits per heavy atom. The van der Waals surface area contributed by atoms with Gasteiger partial charge in [0.25, 0.3) is 0 Å². The van der Waals surface area contributed by atoms with Crippen LogP contribution in [0.25, 0.3) is 0 Å². The van der Waals surface area contributed by atoms with Gasteiger partial charge in [-0.05, 0) is 37.6 Å². The van der Waals surface area contributed by atoms with Gasteiger partial charge in [0.05, 0.1) is 23.0 Å². The second-order valence-corrected chi connectivity index (χ2v) is 5.82. The number of halogens is 1. The monoisotopic (exact) mass is 298 g/mol. The molecule has 0 saturated heterocycles. The van der Waals surface area contributed by atoms with Crippen molar-refractivity contribution in [3.63, 3.8) is 0 Å². The van der Waals surface area contributed by atoms with Gasteiger partial charge in [0.1, 0.15) is 0 Å². The number of nitrogens with two attached hydrogens (primary N) is 1. The second kappa shape index (κ2) is 7.05. The molecule has 4 nitrogen and oxygen atoms in total. The Bertz CT molecular complexity index is 495. The second-order valence-electron chi connectivity index (χ2n) is 4.38. The van der Waals surface area contributed by atoms with Gasteiger partial charge in [0.15, 0.2) is 0 Å². The van der Waals surface area contributed by atoms with E-state index in [0.29, 0.717) is 5.02 Å². The lowest BCUT2D eigenvalue weighted by Crippen LogP contribution is -2.30. The average molecular weight is 299 g/mol. The molecule has 6 heteroatoms. The van der Waals surface area contributed by atoms with Crippen LogP contribution in [0.3, 0.4) is 0 Å². The van der Waals surface area contributed by atoms with Crippen LogP contribution in [0.4, 0.5) is 0 Å². The number of thiophene rings is 1. The summed E-state index contributed by atoms with van der Waals surface area (Å²) in [6.45, 7) is 2.84. The predicted molar refractivity (Wildman–Crippen MR) is 80.2 cm³/mol. The van der Waals surface area contributed by atoms with Crippen LogP contribution in [0, 0.1) is 0 Å². The molecule has 0 radical (unpaired) electrons. The Balaban J connectivity index is 1.97. The lowest BCUT2D eigenvalue weighted by atomic mass is 10.1. The van der Waals surface area contributed by atoms with Gasteiger partial charge in [-0.3, -0.25) is 16.0 Å². The molecule has 1 unspecified atom stereocenters. The zero-order valence-electron chi connectivity index (χ0n) is 11.0. The molecule has 0 aliphatic carbocycles. The van der Waals surface area contributed by atoms with Crippen LogP contribution in [-0.2, 0) is 13.0 Å². The summed E-state index contributed by atoms with van der Waals surface area (Å²) in [7, 11) is 0. The molecule has 0 spiro atoms. The summed E-state index contributed by atoms with van der Waals surface area (Å²) in [5.74, 6) is 5.67. The molecule has 0 aromatic carbocycles. The molecule has 2 rings (SSSR count). The van der Waals surface area contributed by atoms with Crippen LogP contribution in [0.15, 0.2) is 23.7 Å². The van der Waals surface area contributed by atoms with Crippen LogP contribution in [0.1, 0.15) is 36.4 Å². The fourth-order valence-corrected chi connectivity index (χ4v) is 3.23.